The van der Waals surface area contributed by atoms with E-state index in [2.05, 4.69) is 19.1 Å². The molecule has 2 rings (SSSR count). The van der Waals surface area contributed by atoms with Crippen molar-refractivity contribution in [2.75, 3.05) is 6.54 Å². The van der Waals surface area contributed by atoms with Gasteiger partial charge >= 0.3 is 0 Å². The van der Waals surface area contributed by atoms with Gasteiger partial charge in [-0.3, -0.25) is 10.1 Å². The second-order valence-electron chi connectivity index (χ2n) is 4.91. The zero-order chi connectivity index (χ0) is 14.5. The normalized spacial score (nSPS) is 12.1. The molecule has 0 fully saturated rings. The Hall–Kier alpha value is -2.20. The molecule has 0 radical (unpaired) electrons. The Labute approximate surface area is 118 Å². The first-order chi connectivity index (χ1) is 9.61. The molecular formula is C16H18N2O2. The number of rotatable bonds is 5. The summed E-state index contributed by atoms with van der Waals surface area (Å²) in [7, 11) is 0. The van der Waals surface area contributed by atoms with E-state index < -0.39 is 0 Å². The fourth-order valence-electron chi connectivity index (χ4n) is 2.24. The van der Waals surface area contributed by atoms with E-state index in [1.165, 1.54) is 11.6 Å². The van der Waals surface area contributed by atoms with E-state index in [1.807, 2.05) is 18.2 Å². The van der Waals surface area contributed by atoms with Gasteiger partial charge in [0, 0.05) is 12.1 Å². The van der Waals surface area contributed by atoms with Crippen molar-refractivity contribution in [3.05, 3.63) is 64.2 Å². The maximum Gasteiger partial charge on any atom is 0.270 e. The third-order valence-corrected chi connectivity index (χ3v) is 3.45. The third kappa shape index (κ3) is 3.22. The van der Waals surface area contributed by atoms with E-state index in [0.717, 1.165) is 17.5 Å². The number of benzene rings is 2. The van der Waals surface area contributed by atoms with Crippen LogP contribution in [0.3, 0.4) is 0 Å². The Kier molecular flexibility index (Phi) is 4.48. The summed E-state index contributed by atoms with van der Waals surface area (Å²) in [5, 5.41) is 10.8. The molecule has 1 unspecified atom stereocenters. The number of non-ortho nitro benzene ring substituents is 1. The molecule has 0 aliphatic rings. The minimum atomic E-state index is -0.371. The van der Waals surface area contributed by atoms with Crippen LogP contribution >= 0.6 is 0 Å². The second kappa shape index (κ2) is 6.30. The van der Waals surface area contributed by atoms with E-state index in [1.54, 1.807) is 12.1 Å². The van der Waals surface area contributed by atoms with Gasteiger partial charge in [-0.05, 0) is 35.6 Å². The standard InChI is InChI=1S/C16H18N2O2/c1-12(8-9-17)13-4-2-5-14(10-13)15-6-3-7-16(11-15)18(19)20/h2-7,10-12H,8-9,17H2,1H3. The molecule has 104 valence electrons. The number of hydrogen-bond donors (Lipinski definition) is 1. The molecule has 2 aromatic carbocycles. The Bertz CT molecular complexity index is 611. The number of nitro groups is 1. The molecular weight excluding hydrogens is 252 g/mol. The van der Waals surface area contributed by atoms with Gasteiger partial charge in [0.25, 0.3) is 5.69 Å². The maximum atomic E-state index is 10.8. The lowest BCUT2D eigenvalue weighted by Gasteiger charge is -2.12. The molecule has 1 atom stereocenters. The first-order valence-electron chi connectivity index (χ1n) is 6.66. The minimum Gasteiger partial charge on any atom is -0.330 e. The predicted molar refractivity (Wildman–Crippen MR) is 80.6 cm³/mol. The highest BCUT2D eigenvalue weighted by molar-refractivity contribution is 5.66. The lowest BCUT2D eigenvalue weighted by molar-refractivity contribution is -0.384. The quantitative estimate of drug-likeness (QED) is 0.665. The van der Waals surface area contributed by atoms with Gasteiger partial charge in [0.1, 0.15) is 0 Å². The average molecular weight is 270 g/mol. The van der Waals surface area contributed by atoms with Crippen LogP contribution in [0.2, 0.25) is 0 Å². The van der Waals surface area contributed by atoms with E-state index in [-0.39, 0.29) is 10.6 Å². The average Bonchev–Trinajstić information content (AvgIpc) is 2.48. The molecule has 0 amide bonds. The van der Waals surface area contributed by atoms with Gasteiger partial charge in [0.2, 0.25) is 0 Å². The molecule has 20 heavy (non-hydrogen) atoms. The van der Waals surface area contributed by atoms with Crippen molar-refractivity contribution in [1.82, 2.24) is 0 Å². The van der Waals surface area contributed by atoms with Crippen LogP contribution in [0.1, 0.15) is 24.8 Å². The second-order valence-corrected chi connectivity index (χ2v) is 4.91. The summed E-state index contributed by atoms with van der Waals surface area (Å²) in [6, 6.07) is 14.8. The molecule has 0 aromatic heterocycles. The van der Waals surface area contributed by atoms with Crippen molar-refractivity contribution in [1.29, 1.82) is 0 Å². The molecule has 4 heteroatoms. The van der Waals surface area contributed by atoms with Crippen molar-refractivity contribution in [3.8, 4) is 11.1 Å². The van der Waals surface area contributed by atoms with Crippen LogP contribution in [0.25, 0.3) is 11.1 Å². The lowest BCUT2D eigenvalue weighted by atomic mass is 9.94. The summed E-state index contributed by atoms with van der Waals surface area (Å²) in [5.41, 5.74) is 8.77. The van der Waals surface area contributed by atoms with Gasteiger partial charge in [-0.25, -0.2) is 0 Å². The Balaban J connectivity index is 2.35. The van der Waals surface area contributed by atoms with Crippen LogP contribution in [-0.2, 0) is 0 Å². The van der Waals surface area contributed by atoms with Gasteiger partial charge < -0.3 is 5.73 Å². The maximum absolute atomic E-state index is 10.8. The molecule has 4 nitrogen and oxygen atoms in total. The van der Waals surface area contributed by atoms with Crippen LogP contribution in [0.5, 0.6) is 0 Å². The molecule has 0 saturated carbocycles. The molecule has 2 N–H and O–H groups in total. The van der Waals surface area contributed by atoms with Gasteiger partial charge in [0.05, 0.1) is 4.92 Å². The zero-order valence-corrected chi connectivity index (χ0v) is 11.5. The van der Waals surface area contributed by atoms with Crippen molar-refractivity contribution >= 4 is 5.69 Å². The summed E-state index contributed by atoms with van der Waals surface area (Å²) in [6.07, 6.45) is 0.929. The van der Waals surface area contributed by atoms with E-state index in [0.29, 0.717) is 12.5 Å². The highest BCUT2D eigenvalue weighted by atomic mass is 16.6. The van der Waals surface area contributed by atoms with Crippen molar-refractivity contribution in [2.45, 2.75) is 19.3 Å². The molecule has 2 aromatic rings. The van der Waals surface area contributed by atoms with Crippen LogP contribution in [0.4, 0.5) is 5.69 Å². The van der Waals surface area contributed by atoms with Gasteiger partial charge in [-0.15, -0.1) is 0 Å². The summed E-state index contributed by atoms with van der Waals surface area (Å²) in [6.45, 7) is 2.79. The SMILES string of the molecule is CC(CCN)c1cccc(-c2cccc([N+](=O)[O-])c2)c1. The molecule has 0 saturated heterocycles. The zero-order valence-electron chi connectivity index (χ0n) is 11.5. The van der Waals surface area contributed by atoms with E-state index in [4.69, 9.17) is 5.73 Å². The lowest BCUT2D eigenvalue weighted by Crippen LogP contribution is -2.04. The van der Waals surface area contributed by atoms with Gasteiger partial charge in [-0.1, -0.05) is 43.3 Å². The predicted octanol–water partition coefficient (Wildman–Crippen LogP) is 3.71. The topological polar surface area (TPSA) is 69.2 Å². The molecule has 0 bridgehead atoms. The van der Waals surface area contributed by atoms with Crippen molar-refractivity contribution in [2.24, 2.45) is 5.73 Å². The molecule has 0 aliphatic heterocycles. The number of nitrogens with two attached hydrogens (primary N) is 1. The highest BCUT2D eigenvalue weighted by Crippen LogP contribution is 2.27. The van der Waals surface area contributed by atoms with Crippen LogP contribution in [0.15, 0.2) is 48.5 Å². The molecule has 0 spiro atoms. The monoisotopic (exact) mass is 270 g/mol. The summed E-state index contributed by atoms with van der Waals surface area (Å²) >= 11 is 0. The summed E-state index contributed by atoms with van der Waals surface area (Å²) < 4.78 is 0. The number of nitro benzene ring substituents is 1. The number of hydrogen-bond acceptors (Lipinski definition) is 3. The first-order valence-corrected chi connectivity index (χ1v) is 6.66. The molecule has 0 heterocycles. The van der Waals surface area contributed by atoms with Crippen molar-refractivity contribution in [3.63, 3.8) is 0 Å². The Morgan fingerprint density at radius 2 is 1.80 bits per heavy atom. The number of nitrogens with zero attached hydrogens (tertiary/aromatic N) is 1. The largest absolute Gasteiger partial charge is 0.330 e. The van der Waals surface area contributed by atoms with E-state index in [9.17, 15) is 10.1 Å². The summed E-state index contributed by atoms with van der Waals surface area (Å²) in [5.74, 6) is 0.388. The van der Waals surface area contributed by atoms with Crippen molar-refractivity contribution < 1.29 is 4.92 Å². The van der Waals surface area contributed by atoms with E-state index >= 15 is 0 Å². The highest BCUT2D eigenvalue weighted by Gasteiger charge is 2.09. The van der Waals surface area contributed by atoms with Crippen LogP contribution in [0, 0.1) is 10.1 Å². The minimum absolute atomic E-state index is 0.114. The van der Waals surface area contributed by atoms with Crippen LogP contribution < -0.4 is 5.73 Å². The summed E-state index contributed by atoms with van der Waals surface area (Å²) in [4.78, 5) is 10.5. The van der Waals surface area contributed by atoms with Gasteiger partial charge in [0.15, 0.2) is 0 Å². The van der Waals surface area contributed by atoms with Gasteiger partial charge in [-0.2, -0.15) is 0 Å². The molecule has 0 aliphatic carbocycles. The fraction of sp³-hybridized carbons (Fsp3) is 0.250. The fourth-order valence-corrected chi connectivity index (χ4v) is 2.24. The first kappa shape index (κ1) is 14.2. The van der Waals surface area contributed by atoms with Crippen LogP contribution in [-0.4, -0.2) is 11.5 Å². The Morgan fingerprint density at radius 1 is 1.15 bits per heavy atom. The Morgan fingerprint density at radius 3 is 2.45 bits per heavy atom. The third-order valence-electron chi connectivity index (χ3n) is 3.45. The smallest absolute Gasteiger partial charge is 0.270 e.